The number of imidazole rings is 1. The Hall–Kier alpha value is -2.24. The summed E-state index contributed by atoms with van der Waals surface area (Å²) in [5.74, 6) is -0.275. The van der Waals surface area contributed by atoms with Crippen molar-refractivity contribution >= 4 is 5.69 Å². The van der Waals surface area contributed by atoms with Gasteiger partial charge in [0.05, 0.1) is 16.6 Å². The fourth-order valence-corrected chi connectivity index (χ4v) is 1.41. The minimum absolute atomic E-state index is 0.277. The third kappa shape index (κ3) is 1.77. The van der Waals surface area contributed by atoms with Crippen molar-refractivity contribution in [2.75, 3.05) is 0 Å². The van der Waals surface area contributed by atoms with Gasteiger partial charge in [0.25, 0.3) is 5.69 Å². The molecule has 82 valence electrons. The van der Waals surface area contributed by atoms with Gasteiger partial charge in [-0.05, 0) is 19.1 Å². The lowest BCUT2D eigenvalue weighted by Gasteiger charge is -1.99. The van der Waals surface area contributed by atoms with Crippen molar-refractivity contribution < 1.29 is 9.31 Å². The zero-order chi connectivity index (χ0) is 11.7. The smallest absolute Gasteiger partial charge is 0.283 e. The largest absolute Gasteiger partial charge is 0.342 e. The molecule has 0 aliphatic carbocycles. The number of benzene rings is 1. The first-order valence-electron chi connectivity index (χ1n) is 4.54. The third-order valence-corrected chi connectivity index (χ3v) is 2.11. The van der Waals surface area contributed by atoms with Crippen LogP contribution < -0.4 is 0 Å². The highest BCUT2D eigenvalue weighted by Crippen LogP contribution is 2.28. The van der Waals surface area contributed by atoms with Crippen LogP contribution in [-0.4, -0.2) is 14.9 Å². The lowest BCUT2D eigenvalue weighted by atomic mass is 10.1. The Morgan fingerprint density at radius 1 is 1.50 bits per heavy atom. The molecule has 0 spiro atoms. The Kier molecular flexibility index (Phi) is 2.40. The Bertz CT molecular complexity index is 551. The molecule has 0 aliphatic rings. The van der Waals surface area contributed by atoms with Gasteiger partial charge in [-0.3, -0.25) is 10.1 Å². The van der Waals surface area contributed by atoms with Gasteiger partial charge >= 0.3 is 0 Å². The molecule has 0 atom stereocenters. The summed E-state index contributed by atoms with van der Waals surface area (Å²) in [6, 6.07) is 3.39. The molecule has 0 aliphatic heterocycles. The number of hydrogen-bond donors (Lipinski definition) is 1. The zero-order valence-corrected chi connectivity index (χ0v) is 8.40. The number of nitro groups is 1. The van der Waals surface area contributed by atoms with Crippen LogP contribution in [0.1, 0.15) is 5.69 Å². The quantitative estimate of drug-likeness (QED) is 0.625. The highest BCUT2D eigenvalue weighted by Gasteiger charge is 2.18. The molecule has 0 bridgehead atoms. The van der Waals surface area contributed by atoms with Crippen molar-refractivity contribution in [1.82, 2.24) is 9.97 Å². The highest BCUT2D eigenvalue weighted by molar-refractivity contribution is 5.67. The van der Waals surface area contributed by atoms with Gasteiger partial charge in [-0.1, -0.05) is 0 Å². The van der Waals surface area contributed by atoms with Gasteiger partial charge in [-0.2, -0.15) is 0 Å². The second-order valence-electron chi connectivity index (χ2n) is 3.33. The van der Waals surface area contributed by atoms with Crippen molar-refractivity contribution in [2.24, 2.45) is 0 Å². The number of H-pyrrole nitrogens is 1. The molecule has 1 aromatic carbocycles. The number of aromatic amines is 1. The number of hydrogen-bond acceptors (Lipinski definition) is 3. The fourth-order valence-electron chi connectivity index (χ4n) is 1.41. The SMILES string of the molecule is Cc1cnc(-c2ccc(F)cc2[N+](=O)[O-])[nH]1. The van der Waals surface area contributed by atoms with E-state index < -0.39 is 10.7 Å². The van der Waals surface area contributed by atoms with Crippen molar-refractivity contribution in [3.05, 3.63) is 46.0 Å². The first kappa shape index (κ1) is 10.3. The van der Waals surface area contributed by atoms with E-state index in [-0.39, 0.29) is 11.3 Å². The van der Waals surface area contributed by atoms with Crippen molar-refractivity contribution in [3.8, 4) is 11.4 Å². The zero-order valence-electron chi connectivity index (χ0n) is 8.40. The molecule has 2 aromatic rings. The maximum atomic E-state index is 12.9. The van der Waals surface area contributed by atoms with E-state index in [0.29, 0.717) is 5.82 Å². The topological polar surface area (TPSA) is 71.8 Å². The lowest BCUT2D eigenvalue weighted by Crippen LogP contribution is -1.94. The van der Waals surface area contributed by atoms with Crippen LogP contribution in [0, 0.1) is 22.9 Å². The summed E-state index contributed by atoms with van der Waals surface area (Å²) in [7, 11) is 0. The lowest BCUT2D eigenvalue weighted by molar-refractivity contribution is -0.384. The molecule has 5 nitrogen and oxygen atoms in total. The molecule has 6 heteroatoms. The van der Waals surface area contributed by atoms with Gasteiger partial charge < -0.3 is 4.98 Å². The van der Waals surface area contributed by atoms with Crippen LogP contribution in [0.15, 0.2) is 24.4 Å². The van der Waals surface area contributed by atoms with E-state index in [4.69, 9.17) is 0 Å². The number of aromatic nitrogens is 2. The van der Waals surface area contributed by atoms with E-state index >= 15 is 0 Å². The molecule has 0 saturated carbocycles. The first-order chi connectivity index (χ1) is 7.58. The standard InChI is InChI=1S/C10H8FN3O2/c1-6-5-12-10(13-6)8-3-2-7(11)4-9(8)14(15)16/h2-5H,1H3,(H,12,13). The molecule has 1 heterocycles. The maximum absolute atomic E-state index is 12.9. The predicted molar refractivity (Wildman–Crippen MR) is 55.4 cm³/mol. The Morgan fingerprint density at radius 2 is 2.25 bits per heavy atom. The summed E-state index contributed by atoms with van der Waals surface area (Å²) in [5, 5.41) is 10.8. The highest BCUT2D eigenvalue weighted by atomic mass is 19.1. The van der Waals surface area contributed by atoms with Crippen LogP contribution in [0.5, 0.6) is 0 Å². The molecular formula is C10H8FN3O2. The molecular weight excluding hydrogens is 213 g/mol. The number of nitro benzene ring substituents is 1. The Morgan fingerprint density at radius 3 is 2.81 bits per heavy atom. The molecule has 2 rings (SSSR count). The summed E-state index contributed by atoms with van der Waals surface area (Å²) in [5.41, 5.74) is 0.766. The summed E-state index contributed by atoms with van der Waals surface area (Å²) in [6.07, 6.45) is 1.56. The Balaban J connectivity index is 2.60. The van der Waals surface area contributed by atoms with Crippen LogP contribution in [0.2, 0.25) is 0 Å². The average molecular weight is 221 g/mol. The van der Waals surface area contributed by atoms with Gasteiger partial charge in [0.2, 0.25) is 0 Å². The average Bonchev–Trinajstić information content (AvgIpc) is 2.64. The first-order valence-corrected chi connectivity index (χ1v) is 4.54. The van der Waals surface area contributed by atoms with Crippen LogP contribution in [0.4, 0.5) is 10.1 Å². The van der Waals surface area contributed by atoms with Crippen LogP contribution in [-0.2, 0) is 0 Å². The Labute approximate surface area is 90.1 Å². The minimum Gasteiger partial charge on any atom is -0.342 e. The van der Waals surface area contributed by atoms with Crippen molar-refractivity contribution in [1.29, 1.82) is 0 Å². The van der Waals surface area contributed by atoms with Gasteiger partial charge in [0.15, 0.2) is 0 Å². The second-order valence-corrected chi connectivity index (χ2v) is 3.33. The molecule has 0 unspecified atom stereocenters. The van der Waals surface area contributed by atoms with Gasteiger partial charge in [-0.25, -0.2) is 9.37 Å². The summed E-state index contributed by atoms with van der Waals surface area (Å²) in [6.45, 7) is 1.78. The normalized spacial score (nSPS) is 10.4. The van der Waals surface area contributed by atoms with Crippen LogP contribution >= 0.6 is 0 Å². The fraction of sp³-hybridized carbons (Fsp3) is 0.100. The second kappa shape index (κ2) is 3.73. The van der Waals surface area contributed by atoms with Crippen LogP contribution in [0.3, 0.4) is 0 Å². The number of rotatable bonds is 2. The van der Waals surface area contributed by atoms with E-state index in [2.05, 4.69) is 9.97 Å². The molecule has 0 fully saturated rings. The van der Waals surface area contributed by atoms with Gasteiger partial charge in [0, 0.05) is 11.9 Å². The maximum Gasteiger partial charge on any atom is 0.283 e. The number of halogens is 1. The van der Waals surface area contributed by atoms with E-state index in [1.165, 1.54) is 12.1 Å². The van der Waals surface area contributed by atoms with Crippen LogP contribution in [0.25, 0.3) is 11.4 Å². The number of nitrogens with one attached hydrogen (secondary N) is 1. The third-order valence-electron chi connectivity index (χ3n) is 2.11. The summed E-state index contributed by atoms with van der Waals surface area (Å²) < 4.78 is 12.9. The summed E-state index contributed by atoms with van der Waals surface area (Å²) >= 11 is 0. The van der Waals surface area contributed by atoms with E-state index in [1.807, 2.05) is 0 Å². The molecule has 1 aromatic heterocycles. The number of nitrogens with zero attached hydrogens (tertiary/aromatic N) is 2. The van der Waals surface area contributed by atoms with Gasteiger partial charge in [0.1, 0.15) is 11.6 Å². The molecule has 16 heavy (non-hydrogen) atoms. The molecule has 0 radical (unpaired) electrons. The molecule has 1 N–H and O–H groups in total. The van der Waals surface area contributed by atoms with E-state index in [1.54, 1.807) is 13.1 Å². The monoisotopic (exact) mass is 221 g/mol. The molecule has 0 saturated heterocycles. The van der Waals surface area contributed by atoms with E-state index in [9.17, 15) is 14.5 Å². The van der Waals surface area contributed by atoms with Crippen molar-refractivity contribution in [3.63, 3.8) is 0 Å². The van der Waals surface area contributed by atoms with E-state index in [0.717, 1.165) is 11.8 Å². The summed E-state index contributed by atoms with van der Waals surface area (Å²) in [4.78, 5) is 17.0. The van der Waals surface area contributed by atoms with Gasteiger partial charge in [-0.15, -0.1) is 0 Å². The minimum atomic E-state index is -0.640. The predicted octanol–water partition coefficient (Wildman–Crippen LogP) is 2.43. The molecule has 0 amide bonds. The number of aryl methyl sites for hydroxylation is 1. The van der Waals surface area contributed by atoms with Crippen molar-refractivity contribution in [2.45, 2.75) is 6.92 Å².